The van der Waals surface area contributed by atoms with Gasteiger partial charge in [0.05, 0.1) is 6.10 Å². The summed E-state index contributed by atoms with van der Waals surface area (Å²) in [5.41, 5.74) is 0.0419. The minimum Gasteiger partial charge on any atom is -0.393 e. The third-order valence-corrected chi connectivity index (χ3v) is 5.20. The van der Waals surface area contributed by atoms with Crippen molar-refractivity contribution in [2.75, 3.05) is 11.9 Å². The topological polar surface area (TPSA) is 74.2 Å². The van der Waals surface area contributed by atoms with E-state index in [1.54, 1.807) is 0 Å². The number of hydrogen-bond donors (Lipinski definition) is 3. The molecular weight excluding hydrogens is 286 g/mol. The molecule has 1 aromatic rings. The van der Waals surface area contributed by atoms with Crippen molar-refractivity contribution in [1.29, 1.82) is 0 Å². The molecule has 1 heterocycles. The fourth-order valence-corrected chi connectivity index (χ4v) is 3.34. The maximum absolute atomic E-state index is 11.9. The van der Waals surface area contributed by atoms with E-state index in [0.29, 0.717) is 11.7 Å². The standard InChI is InChI=1S/C15H25N3O2S/c1-15(2,3)12-9-17-14(21-12)18-13(20)16-8-10-6-4-5-7-11(10)19/h9-11,19H,4-8H2,1-3H3,(H2,16,17,18,20). The number of rotatable bonds is 3. The number of nitrogens with one attached hydrogen (secondary N) is 2. The summed E-state index contributed by atoms with van der Waals surface area (Å²) in [6.07, 6.45) is 5.56. The summed E-state index contributed by atoms with van der Waals surface area (Å²) in [5, 5.41) is 16.1. The van der Waals surface area contributed by atoms with E-state index < -0.39 is 0 Å². The van der Waals surface area contributed by atoms with Gasteiger partial charge in [0.25, 0.3) is 0 Å². The van der Waals surface area contributed by atoms with Gasteiger partial charge in [0.15, 0.2) is 5.13 Å². The Morgan fingerprint density at radius 1 is 1.43 bits per heavy atom. The zero-order valence-corrected chi connectivity index (χ0v) is 13.8. The highest BCUT2D eigenvalue weighted by molar-refractivity contribution is 7.15. The second-order valence-electron chi connectivity index (χ2n) is 6.73. The van der Waals surface area contributed by atoms with E-state index in [2.05, 4.69) is 36.4 Å². The van der Waals surface area contributed by atoms with Crippen molar-refractivity contribution < 1.29 is 9.90 Å². The third-order valence-electron chi connectivity index (χ3n) is 3.86. The molecule has 118 valence electrons. The van der Waals surface area contributed by atoms with Crippen LogP contribution in [0.5, 0.6) is 0 Å². The zero-order chi connectivity index (χ0) is 15.5. The molecule has 0 aromatic carbocycles. The first-order chi connectivity index (χ1) is 9.86. The van der Waals surface area contributed by atoms with E-state index in [9.17, 15) is 9.90 Å². The molecule has 1 aromatic heterocycles. The molecule has 2 unspecified atom stereocenters. The lowest BCUT2D eigenvalue weighted by atomic mass is 9.86. The highest BCUT2D eigenvalue weighted by Crippen LogP contribution is 2.30. The summed E-state index contributed by atoms with van der Waals surface area (Å²) < 4.78 is 0. The summed E-state index contributed by atoms with van der Waals surface area (Å²) in [6, 6.07) is -0.248. The second-order valence-corrected chi connectivity index (χ2v) is 7.76. The molecule has 0 aliphatic heterocycles. The molecule has 1 fully saturated rings. The Hall–Kier alpha value is -1.14. The van der Waals surface area contributed by atoms with Gasteiger partial charge in [0.1, 0.15) is 0 Å². The predicted molar refractivity (Wildman–Crippen MR) is 85.8 cm³/mol. The van der Waals surface area contributed by atoms with E-state index >= 15 is 0 Å². The largest absolute Gasteiger partial charge is 0.393 e. The highest BCUT2D eigenvalue weighted by Gasteiger charge is 2.23. The number of amides is 2. The average molecular weight is 311 g/mol. The first-order valence-electron chi connectivity index (χ1n) is 7.55. The van der Waals surface area contributed by atoms with Crippen molar-refractivity contribution in [3.8, 4) is 0 Å². The number of anilines is 1. The zero-order valence-electron chi connectivity index (χ0n) is 13.0. The second kappa shape index (κ2) is 6.75. The normalized spacial score (nSPS) is 22.9. The fourth-order valence-electron chi connectivity index (χ4n) is 2.47. The van der Waals surface area contributed by atoms with Gasteiger partial charge >= 0.3 is 6.03 Å². The molecule has 2 atom stereocenters. The number of hydrogen-bond acceptors (Lipinski definition) is 4. The summed E-state index contributed by atoms with van der Waals surface area (Å²) in [6.45, 7) is 6.88. The molecule has 1 aliphatic rings. The van der Waals surface area contributed by atoms with Crippen molar-refractivity contribution in [3.63, 3.8) is 0 Å². The van der Waals surface area contributed by atoms with Gasteiger partial charge < -0.3 is 10.4 Å². The first-order valence-corrected chi connectivity index (χ1v) is 8.37. The number of thiazole rings is 1. The maximum Gasteiger partial charge on any atom is 0.321 e. The van der Waals surface area contributed by atoms with Gasteiger partial charge in [-0.15, -0.1) is 11.3 Å². The van der Waals surface area contributed by atoms with Crippen molar-refractivity contribution >= 4 is 22.5 Å². The Morgan fingerprint density at radius 2 is 2.14 bits per heavy atom. The van der Waals surface area contributed by atoms with Crippen molar-refractivity contribution in [1.82, 2.24) is 10.3 Å². The molecule has 0 radical (unpaired) electrons. The number of urea groups is 1. The SMILES string of the molecule is CC(C)(C)c1cnc(NC(=O)NCC2CCCCC2O)s1. The van der Waals surface area contributed by atoms with Gasteiger partial charge in [-0.05, 0) is 18.3 Å². The molecule has 0 spiro atoms. The molecule has 0 bridgehead atoms. The van der Waals surface area contributed by atoms with Crippen LogP contribution in [0, 0.1) is 5.92 Å². The van der Waals surface area contributed by atoms with Crippen LogP contribution in [0.1, 0.15) is 51.3 Å². The van der Waals surface area contributed by atoms with Crippen molar-refractivity contribution in [2.45, 2.75) is 58.0 Å². The minimum absolute atomic E-state index is 0.0419. The van der Waals surface area contributed by atoms with Crippen LogP contribution in [0.15, 0.2) is 6.20 Å². The number of carbonyl (C=O) groups excluding carboxylic acids is 1. The maximum atomic E-state index is 11.9. The Kier molecular flexibility index (Phi) is 5.22. The molecular formula is C15H25N3O2S. The summed E-state index contributed by atoms with van der Waals surface area (Å²) in [7, 11) is 0. The van der Waals surface area contributed by atoms with Crippen LogP contribution in [0.3, 0.4) is 0 Å². The van der Waals surface area contributed by atoms with E-state index in [1.807, 2.05) is 6.20 Å². The molecule has 6 heteroatoms. The fraction of sp³-hybridized carbons (Fsp3) is 0.733. The molecule has 21 heavy (non-hydrogen) atoms. The minimum atomic E-state index is -0.286. The van der Waals surface area contributed by atoms with Gasteiger partial charge in [0.2, 0.25) is 0 Å². The van der Waals surface area contributed by atoms with Crippen LogP contribution >= 0.6 is 11.3 Å². The van der Waals surface area contributed by atoms with Crippen LogP contribution in [-0.2, 0) is 5.41 Å². The summed E-state index contributed by atoms with van der Waals surface area (Å²) in [4.78, 5) is 17.3. The van der Waals surface area contributed by atoms with Gasteiger partial charge in [-0.25, -0.2) is 9.78 Å². The predicted octanol–water partition coefficient (Wildman–Crippen LogP) is 3.11. The van der Waals surface area contributed by atoms with Crippen LogP contribution in [0.25, 0.3) is 0 Å². The van der Waals surface area contributed by atoms with Gasteiger partial charge in [-0.2, -0.15) is 0 Å². The Morgan fingerprint density at radius 3 is 2.76 bits per heavy atom. The van der Waals surface area contributed by atoms with E-state index in [-0.39, 0.29) is 23.5 Å². The van der Waals surface area contributed by atoms with E-state index in [1.165, 1.54) is 11.3 Å². The van der Waals surface area contributed by atoms with E-state index in [0.717, 1.165) is 30.6 Å². The molecule has 2 amide bonds. The lowest BCUT2D eigenvalue weighted by Gasteiger charge is -2.27. The lowest BCUT2D eigenvalue weighted by Crippen LogP contribution is -2.38. The number of aliphatic hydroxyl groups is 1. The third kappa shape index (κ3) is 4.68. The summed E-state index contributed by atoms with van der Waals surface area (Å²) in [5.74, 6) is 0.172. The molecule has 3 N–H and O–H groups in total. The number of nitrogens with zero attached hydrogens (tertiary/aromatic N) is 1. The molecule has 2 rings (SSSR count). The first kappa shape index (κ1) is 16.2. The van der Waals surface area contributed by atoms with Crippen LogP contribution in [-0.4, -0.2) is 28.8 Å². The summed E-state index contributed by atoms with van der Waals surface area (Å²) >= 11 is 1.50. The van der Waals surface area contributed by atoms with E-state index in [4.69, 9.17) is 0 Å². The monoisotopic (exact) mass is 311 g/mol. The Labute approximate surface area is 130 Å². The molecule has 0 saturated heterocycles. The Bertz CT molecular complexity index is 482. The van der Waals surface area contributed by atoms with Gasteiger partial charge in [0, 0.05) is 23.5 Å². The smallest absolute Gasteiger partial charge is 0.321 e. The Balaban J connectivity index is 1.80. The van der Waals surface area contributed by atoms with Crippen LogP contribution < -0.4 is 10.6 Å². The quantitative estimate of drug-likeness (QED) is 0.803. The van der Waals surface area contributed by atoms with Crippen LogP contribution in [0.2, 0.25) is 0 Å². The number of carbonyl (C=O) groups is 1. The average Bonchev–Trinajstić information content (AvgIpc) is 2.86. The molecule has 5 nitrogen and oxygen atoms in total. The van der Waals surface area contributed by atoms with Crippen molar-refractivity contribution in [2.24, 2.45) is 5.92 Å². The van der Waals surface area contributed by atoms with Crippen LogP contribution in [0.4, 0.5) is 9.93 Å². The number of aliphatic hydroxyl groups excluding tert-OH is 1. The highest BCUT2D eigenvalue weighted by atomic mass is 32.1. The lowest BCUT2D eigenvalue weighted by molar-refractivity contribution is 0.0712. The van der Waals surface area contributed by atoms with Gasteiger partial charge in [-0.1, -0.05) is 33.6 Å². The number of aromatic nitrogens is 1. The molecule has 1 saturated carbocycles. The van der Waals surface area contributed by atoms with Gasteiger partial charge in [-0.3, -0.25) is 5.32 Å². The molecule has 1 aliphatic carbocycles. The van der Waals surface area contributed by atoms with Crippen molar-refractivity contribution in [3.05, 3.63) is 11.1 Å².